The monoisotopic (exact) mass is 431 g/mol. The number of esters is 2. The van der Waals surface area contributed by atoms with E-state index in [-0.39, 0.29) is 29.2 Å². The Morgan fingerprint density at radius 1 is 1.17 bits per heavy atom. The summed E-state index contributed by atoms with van der Waals surface area (Å²) in [6, 6.07) is 7.55. The van der Waals surface area contributed by atoms with Gasteiger partial charge in [0.1, 0.15) is 22.8 Å². The van der Waals surface area contributed by atoms with Crippen LogP contribution in [0.2, 0.25) is 0 Å². The van der Waals surface area contributed by atoms with Gasteiger partial charge in [-0.3, -0.25) is 19.3 Å². The molecule has 9 nitrogen and oxygen atoms in total. The second kappa shape index (κ2) is 8.87. The number of hydrogen-bond donors (Lipinski definition) is 1. The van der Waals surface area contributed by atoms with Gasteiger partial charge in [-0.1, -0.05) is 0 Å². The molecule has 0 unspecified atom stereocenters. The first-order chi connectivity index (χ1) is 14.3. The van der Waals surface area contributed by atoms with Crippen molar-refractivity contribution in [1.82, 2.24) is 4.90 Å². The van der Waals surface area contributed by atoms with Crippen LogP contribution in [0.4, 0.5) is 4.79 Å². The molecule has 2 amide bonds. The molecule has 0 radical (unpaired) electrons. The van der Waals surface area contributed by atoms with Crippen LogP contribution in [0.1, 0.15) is 22.5 Å². The van der Waals surface area contributed by atoms with Gasteiger partial charge in [-0.05, 0) is 42.1 Å². The number of ether oxygens (including phenoxy) is 2. The summed E-state index contributed by atoms with van der Waals surface area (Å²) in [5.41, 5.74) is 0.499. The molecule has 0 saturated carbocycles. The van der Waals surface area contributed by atoms with Gasteiger partial charge in [0, 0.05) is 18.2 Å². The molecule has 1 aromatic carbocycles. The number of furan rings is 1. The lowest BCUT2D eigenvalue weighted by atomic mass is 10.1. The summed E-state index contributed by atoms with van der Waals surface area (Å²) in [6.07, 6.45) is 1.34. The van der Waals surface area contributed by atoms with Gasteiger partial charge in [-0.25, -0.2) is 4.79 Å². The molecule has 0 bridgehead atoms. The average molecular weight is 431 g/mol. The van der Waals surface area contributed by atoms with Crippen molar-refractivity contribution in [2.75, 3.05) is 20.8 Å². The van der Waals surface area contributed by atoms with Crippen molar-refractivity contribution >= 4 is 40.9 Å². The number of benzene rings is 1. The van der Waals surface area contributed by atoms with E-state index in [0.29, 0.717) is 17.1 Å². The quantitative estimate of drug-likeness (QED) is 0.543. The summed E-state index contributed by atoms with van der Waals surface area (Å²) >= 11 is 0.744. The van der Waals surface area contributed by atoms with E-state index < -0.39 is 23.1 Å². The predicted molar refractivity (Wildman–Crippen MR) is 106 cm³/mol. The van der Waals surface area contributed by atoms with Gasteiger partial charge >= 0.3 is 11.9 Å². The number of carbonyl (C=O) groups is 4. The number of phenolic OH excluding ortho intramolecular Hbond substituents is 1. The van der Waals surface area contributed by atoms with Crippen LogP contribution in [-0.4, -0.2) is 53.9 Å². The van der Waals surface area contributed by atoms with Crippen LogP contribution in [0.3, 0.4) is 0 Å². The Labute approximate surface area is 175 Å². The van der Waals surface area contributed by atoms with E-state index in [1.807, 2.05) is 0 Å². The molecular weight excluding hydrogens is 414 g/mol. The van der Waals surface area contributed by atoms with Crippen LogP contribution in [-0.2, 0) is 19.1 Å². The van der Waals surface area contributed by atoms with Gasteiger partial charge in [0.15, 0.2) is 0 Å². The number of nitrogens with zero attached hydrogens (tertiary/aromatic N) is 1. The third-order valence-electron chi connectivity index (χ3n) is 4.23. The molecule has 0 atom stereocenters. The van der Waals surface area contributed by atoms with Gasteiger partial charge in [-0.15, -0.1) is 0 Å². The maximum Gasteiger partial charge on any atom is 0.341 e. The molecule has 2 heterocycles. The molecule has 10 heteroatoms. The van der Waals surface area contributed by atoms with Crippen molar-refractivity contribution in [1.29, 1.82) is 0 Å². The number of rotatable bonds is 6. The number of imide groups is 1. The van der Waals surface area contributed by atoms with Crippen LogP contribution < -0.4 is 0 Å². The van der Waals surface area contributed by atoms with E-state index in [4.69, 9.17) is 4.42 Å². The number of thioether (sulfide) groups is 1. The second-order valence-corrected chi connectivity index (χ2v) is 7.08. The molecule has 1 fully saturated rings. The first-order valence-electron chi connectivity index (χ1n) is 8.67. The van der Waals surface area contributed by atoms with Gasteiger partial charge in [0.05, 0.1) is 25.5 Å². The van der Waals surface area contributed by atoms with Crippen molar-refractivity contribution < 1.29 is 38.2 Å². The molecule has 1 aliphatic heterocycles. The number of hydrogen-bond acceptors (Lipinski definition) is 9. The molecule has 1 aliphatic rings. The third kappa shape index (κ3) is 4.38. The highest BCUT2D eigenvalue weighted by Crippen LogP contribution is 2.34. The van der Waals surface area contributed by atoms with Crippen LogP contribution in [0, 0.1) is 0 Å². The summed E-state index contributed by atoms with van der Waals surface area (Å²) in [5.74, 6) is -1.26. The Balaban J connectivity index is 1.79. The average Bonchev–Trinajstić information content (AvgIpc) is 3.31. The van der Waals surface area contributed by atoms with E-state index in [1.54, 1.807) is 18.2 Å². The molecular formula is C20H17NO8S. The van der Waals surface area contributed by atoms with E-state index in [0.717, 1.165) is 16.7 Å². The molecule has 1 saturated heterocycles. The minimum absolute atomic E-state index is 0.0142. The molecule has 30 heavy (non-hydrogen) atoms. The smallest absolute Gasteiger partial charge is 0.341 e. The summed E-state index contributed by atoms with van der Waals surface area (Å²) < 4.78 is 14.8. The van der Waals surface area contributed by atoms with Crippen LogP contribution >= 0.6 is 11.8 Å². The Morgan fingerprint density at radius 3 is 2.63 bits per heavy atom. The van der Waals surface area contributed by atoms with Gasteiger partial charge in [-0.2, -0.15) is 0 Å². The largest absolute Gasteiger partial charge is 0.507 e. The highest BCUT2D eigenvalue weighted by Gasteiger charge is 2.35. The fraction of sp³-hybridized carbons (Fsp3) is 0.200. The number of carbonyl (C=O) groups excluding carboxylic acids is 4. The Hall–Kier alpha value is -3.53. The summed E-state index contributed by atoms with van der Waals surface area (Å²) in [6.45, 7) is -0.0676. The van der Waals surface area contributed by atoms with E-state index >= 15 is 0 Å². The van der Waals surface area contributed by atoms with Crippen LogP contribution in [0.25, 0.3) is 17.4 Å². The molecule has 0 aliphatic carbocycles. The van der Waals surface area contributed by atoms with Gasteiger partial charge in [0.25, 0.3) is 11.1 Å². The lowest BCUT2D eigenvalue weighted by Gasteiger charge is -2.10. The van der Waals surface area contributed by atoms with Crippen molar-refractivity contribution in [3.8, 4) is 17.1 Å². The highest BCUT2D eigenvalue weighted by atomic mass is 32.2. The van der Waals surface area contributed by atoms with Crippen LogP contribution in [0.15, 0.2) is 39.7 Å². The normalized spacial score (nSPS) is 15.0. The minimum atomic E-state index is -0.693. The number of methoxy groups -OCH3 is 2. The number of amides is 2. The number of phenols is 1. The summed E-state index contributed by atoms with van der Waals surface area (Å²) in [7, 11) is 2.43. The number of aromatic hydroxyl groups is 1. The maximum absolute atomic E-state index is 12.4. The van der Waals surface area contributed by atoms with E-state index in [1.165, 1.54) is 32.4 Å². The zero-order chi connectivity index (χ0) is 21.8. The molecule has 0 spiro atoms. The van der Waals surface area contributed by atoms with Crippen molar-refractivity contribution in [3.05, 3.63) is 46.6 Å². The lowest BCUT2D eigenvalue weighted by molar-refractivity contribution is -0.141. The fourth-order valence-electron chi connectivity index (χ4n) is 2.68. The molecule has 3 rings (SSSR count). The lowest BCUT2D eigenvalue weighted by Crippen LogP contribution is -2.30. The molecule has 1 N–H and O–H groups in total. The molecule has 1 aromatic heterocycles. The topological polar surface area (TPSA) is 123 Å². The van der Waals surface area contributed by atoms with Crippen molar-refractivity contribution in [3.63, 3.8) is 0 Å². The Bertz CT molecular complexity index is 1050. The fourth-order valence-corrected chi connectivity index (χ4v) is 3.52. The molecule has 2 aromatic rings. The minimum Gasteiger partial charge on any atom is -0.507 e. The predicted octanol–water partition coefficient (Wildman–Crippen LogP) is 3.04. The van der Waals surface area contributed by atoms with Crippen LogP contribution in [0.5, 0.6) is 5.75 Å². The highest BCUT2D eigenvalue weighted by molar-refractivity contribution is 8.18. The van der Waals surface area contributed by atoms with E-state index in [9.17, 15) is 24.3 Å². The van der Waals surface area contributed by atoms with Gasteiger partial charge < -0.3 is 19.0 Å². The SMILES string of the molecule is COC(=O)CCN1C(=O)S/C(=C\c2ccc(-c3ccc(O)c(C(=O)OC)c3)o2)C1=O. The first kappa shape index (κ1) is 21.2. The zero-order valence-corrected chi connectivity index (χ0v) is 16.9. The first-order valence-corrected chi connectivity index (χ1v) is 9.49. The summed E-state index contributed by atoms with van der Waals surface area (Å²) in [4.78, 5) is 48.6. The van der Waals surface area contributed by atoms with Crippen molar-refractivity contribution in [2.45, 2.75) is 6.42 Å². The molecule has 156 valence electrons. The zero-order valence-electron chi connectivity index (χ0n) is 16.0. The standard InChI is InChI=1S/C20H17NO8S/c1-27-17(23)7-8-21-18(24)16(30-20(21)26)10-12-4-6-15(29-12)11-3-5-14(22)13(9-11)19(25)28-2/h3-6,9-10,22H,7-8H2,1-2H3/b16-10-. The maximum atomic E-state index is 12.4. The van der Waals surface area contributed by atoms with Gasteiger partial charge in [0.2, 0.25) is 0 Å². The third-order valence-corrected chi connectivity index (χ3v) is 5.13. The second-order valence-electron chi connectivity index (χ2n) is 6.09. The Kier molecular flexibility index (Phi) is 6.26. The van der Waals surface area contributed by atoms with E-state index in [2.05, 4.69) is 9.47 Å². The summed E-state index contributed by atoms with van der Waals surface area (Å²) in [5, 5.41) is 9.32. The van der Waals surface area contributed by atoms with Crippen molar-refractivity contribution in [2.24, 2.45) is 0 Å². The Morgan fingerprint density at radius 2 is 1.93 bits per heavy atom.